The lowest BCUT2D eigenvalue weighted by molar-refractivity contribution is -0.137. The monoisotopic (exact) mass is 255 g/mol. The fourth-order valence-corrected chi connectivity index (χ4v) is 1.72. The molecular weight excluding hydrogens is 243 g/mol. The van der Waals surface area contributed by atoms with E-state index in [0.29, 0.717) is 12.2 Å². The van der Waals surface area contributed by atoms with E-state index < -0.39 is 11.7 Å². The number of alkyl halides is 3. The Kier molecular flexibility index (Phi) is 3.07. The van der Waals surface area contributed by atoms with Crippen LogP contribution in [0.25, 0.3) is 11.3 Å². The minimum atomic E-state index is -4.45. The summed E-state index contributed by atoms with van der Waals surface area (Å²) in [4.78, 5) is 0. The number of rotatable bonds is 2. The molecule has 0 amide bonds. The Hall–Kier alpha value is -1.91. The van der Waals surface area contributed by atoms with Crippen molar-refractivity contribution in [1.29, 1.82) is 0 Å². The van der Waals surface area contributed by atoms with Crippen LogP contribution in [0, 0.1) is 0 Å². The van der Waals surface area contributed by atoms with Crippen LogP contribution < -0.4 is 5.73 Å². The largest absolute Gasteiger partial charge is 0.461 e. The number of aryl methyl sites for hydroxylation is 1. The van der Waals surface area contributed by atoms with Crippen molar-refractivity contribution in [3.8, 4) is 11.3 Å². The second-order valence-corrected chi connectivity index (χ2v) is 3.92. The highest BCUT2D eigenvalue weighted by Crippen LogP contribution is 2.38. The zero-order valence-corrected chi connectivity index (χ0v) is 9.71. The molecule has 0 spiro atoms. The average molecular weight is 255 g/mol. The van der Waals surface area contributed by atoms with E-state index in [4.69, 9.17) is 10.2 Å². The summed E-state index contributed by atoms with van der Waals surface area (Å²) in [5.74, 6) is 0.856. The predicted molar refractivity (Wildman–Crippen MR) is 62.9 cm³/mol. The van der Waals surface area contributed by atoms with E-state index in [9.17, 15) is 13.2 Å². The van der Waals surface area contributed by atoms with E-state index in [1.54, 1.807) is 12.1 Å². The van der Waals surface area contributed by atoms with Crippen molar-refractivity contribution < 1.29 is 17.6 Å². The van der Waals surface area contributed by atoms with Crippen molar-refractivity contribution in [3.05, 3.63) is 41.7 Å². The van der Waals surface area contributed by atoms with E-state index in [-0.39, 0.29) is 17.0 Å². The fourth-order valence-electron chi connectivity index (χ4n) is 1.72. The van der Waals surface area contributed by atoms with Gasteiger partial charge in [-0.2, -0.15) is 13.2 Å². The molecule has 0 aliphatic rings. The summed E-state index contributed by atoms with van der Waals surface area (Å²) in [6, 6.07) is 6.89. The standard InChI is InChI=1S/C13H12F3NO/c1-2-9-4-6-12(18-9)10-5-3-8(17)7-11(10)13(14,15)16/h3-7H,2,17H2,1H3. The molecule has 18 heavy (non-hydrogen) atoms. The van der Waals surface area contributed by atoms with E-state index in [0.717, 1.165) is 6.07 Å². The molecule has 2 N–H and O–H groups in total. The first-order valence-corrected chi connectivity index (χ1v) is 5.47. The second kappa shape index (κ2) is 4.40. The molecule has 0 radical (unpaired) electrons. The second-order valence-electron chi connectivity index (χ2n) is 3.92. The maximum atomic E-state index is 12.9. The number of nitrogen functional groups attached to an aromatic ring is 1. The van der Waals surface area contributed by atoms with Crippen molar-refractivity contribution in [1.82, 2.24) is 0 Å². The number of halogens is 3. The quantitative estimate of drug-likeness (QED) is 0.820. The molecule has 0 atom stereocenters. The lowest BCUT2D eigenvalue weighted by atomic mass is 10.0. The van der Waals surface area contributed by atoms with Crippen molar-refractivity contribution in [2.24, 2.45) is 0 Å². The molecule has 1 heterocycles. The van der Waals surface area contributed by atoms with Gasteiger partial charge in [-0.3, -0.25) is 0 Å². The third-order valence-electron chi connectivity index (χ3n) is 2.62. The number of anilines is 1. The SMILES string of the molecule is CCc1ccc(-c2ccc(N)cc2C(F)(F)F)o1. The van der Waals surface area contributed by atoms with Crippen LogP contribution in [0.3, 0.4) is 0 Å². The topological polar surface area (TPSA) is 39.2 Å². The summed E-state index contributed by atoms with van der Waals surface area (Å²) < 4.78 is 44.1. The van der Waals surface area contributed by atoms with Crippen molar-refractivity contribution >= 4 is 5.69 Å². The van der Waals surface area contributed by atoms with Crippen molar-refractivity contribution in [2.45, 2.75) is 19.5 Å². The molecule has 0 aliphatic heterocycles. The molecule has 0 saturated carbocycles. The van der Waals surface area contributed by atoms with Crippen LogP contribution in [0.2, 0.25) is 0 Å². The number of furan rings is 1. The molecule has 2 nitrogen and oxygen atoms in total. The highest BCUT2D eigenvalue weighted by molar-refractivity contribution is 5.66. The van der Waals surface area contributed by atoms with Gasteiger partial charge in [0.1, 0.15) is 11.5 Å². The minimum absolute atomic E-state index is 0.0106. The molecule has 0 saturated heterocycles. The predicted octanol–water partition coefficient (Wildman–Crippen LogP) is 4.11. The van der Waals surface area contributed by atoms with E-state index >= 15 is 0 Å². The third-order valence-corrected chi connectivity index (χ3v) is 2.62. The van der Waals surface area contributed by atoms with Gasteiger partial charge in [0.15, 0.2) is 0 Å². The molecule has 0 fully saturated rings. The van der Waals surface area contributed by atoms with Gasteiger partial charge >= 0.3 is 6.18 Å². The lowest BCUT2D eigenvalue weighted by Crippen LogP contribution is -2.07. The Balaban J connectivity index is 2.56. The number of hydrogen-bond acceptors (Lipinski definition) is 2. The van der Waals surface area contributed by atoms with Gasteiger partial charge in [-0.05, 0) is 30.3 Å². The van der Waals surface area contributed by atoms with Crippen LogP contribution >= 0.6 is 0 Å². The van der Waals surface area contributed by atoms with Gasteiger partial charge in [-0.1, -0.05) is 6.92 Å². The Bertz CT molecular complexity index is 558. The number of hydrogen-bond donors (Lipinski definition) is 1. The normalized spacial score (nSPS) is 11.8. The van der Waals surface area contributed by atoms with Gasteiger partial charge in [0, 0.05) is 17.7 Å². The molecule has 5 heteroatoms. The Labute approximate surface area is 102 Å². The fraction of sp³-hybridized carbons (Fsp3) is 0.231. The summed E-state index contributed by atoms with van der Waals surface area (Å²) in [5.41, 5.74) is 4.71. The van der Waals surface area contributed by atoms with Gasteiger partial charge in [0.2, 0.25) is 0 Å². The zero-order chi connectivity index (χ0) is 13.3. The van der Waals surface area contributed by atoms with Crippen LogP contribution in [-0.4, -0.2) is 0 Å². The molecule has 1 aromatic heterocycles. The molecular formula is C13H12F3NO. The first-order chi connectivity index (χ1) is 8.41. The number of benzene rings is 1. The van der Waals surface area contributed by atoms with Crippen LogP contribution in [-0.2, 0) is 12.6 Å². The van der Waals surface area contributed by atoms with Crippen LogP contribution in [0.15, 0.2) is 34.7 Å². The Morgan fingerprint density at radius 2 is 1.89 bits per heavy atom. The number of nitrogens with two attached hydrogens (primary N) is 1. The average Bonchev–Trinajstić information content (AvgIpc) is 2.76. The van der Waals surface area contributed by atoms with Crippen LogP contribution in [0.4, 0.5) is 18.9 Å². The summed E-state index contributed by atoms with van der Waals surface area (Å²) >= 11 is 0. The molecule has 0 bridgehead atoms. The molecule has 96 valence electrons. The highest BCUT2D eigenvalue weighted by Gasteiger charge is 2.34. The Morgan fingerprint density at radius 3 is 2.44 bits per heavy atom. The first kappa shape index (κ1) is 12.5. The maximum Gasteiger partial charge on any atom is 0.417 e. The van der Waals surface area contributed by atoms with Crippen LogP contribution in [0.1, 0.15) is 18.2 Å². The van der Waals surface area contributed by atoms with E-state index in [2.05, 4.69) is 0 Å². The molecule has 1 aromatic carbocycles. The molecule has 2 rings (SSSR count). The van der Waals surface area contributed by atoms with Crippen molar-refractivity contribution in [3.63, 3.8) is 0 Å². The van der Waals surface area contributed by atoms with Gasteiger partial charge in [0.25, 0.3) is 0 Å². The van der Waals surface area contributed by atoms with Gasteiger partial charge < -0.3 is 10.2 Å². The summed E-state index contributed by atoms with van der Waals surface area (Å²) in [5, 5.41) is 0. The van der Waals surface area contributed by atoms with Gasteiger partial charge in [-0.15, -0.1) is 0 Å². The zero-order valence-electron chi connectivity index (χ0n) is 9.71. The summed E-state index contributed by atoms with van der Waals surface area (Å²) in [7, 11) is 0. The summed E-state index contributed by atoms with van der Waals surface area (Å²) in [6.07, 6.45) is -3.82. The van der Waals surface area contributed by atoms with E-state index in [1.807, 2.05) is 6.92 Å². The van der Waals surface area contributed by atoms with Gasteiger partial charge in [-0.25, -0.2) is 0 Å². The highest BCUT2D eigenvalue weighted by atomic mass is 19.4. The Morgan fingerprint density at radius 1 is 1.17 bits per heavy atom. The van der Waals surface area contributed by atoms with Crippen LogP contribution in [0.5, 0.6) is 0 Å². The van der Waals surface area contributed by atoms with Crippen molar-refractivity contribution in [2.75, 3.05) is 5.73 Å². The smallest absolute Gasteiger partial charge is 0.417 e. The molecule has 2 aromatic rings. The molecule has 0 unspecified atom stereocenters. The maximum absolute atomic E-state index is 12.9. The third kappa shape index (κ3) is 2.34. The van der Waals surface area contributed by atoms with E-state index in [1.165, 1.54) is 12.1 Å². The molecule has 0 aliphatic carbocycles. The lowest BCUT2D eigenvalue weighted by Gasteiger charge is -2.12. The summed E-state index contributed by atoms with van der Waals surface area (Å²) in [6.45, 7) is 1.87. The first-order valence-electron chi connectivity index (χ1n) is 5.47. The minimum Gasteiger partial charge on any atom is -0.461 e. The van der Waals surface area contributed by atoms with Gasteiger partial charge in [0.05, 0.1) is 5.56 Å².